The second-order valence-corrected chi connectivity index (χ2v) is 4.21. The lowest BCUT2D eigenvalue weighted by Gasteiger charge is -2.07. The molecule has 0 spiro atoms. The second-order valence-electron chi connectivity index (χ2n) is 4.21. The third-order valence-corrected chi connectivity index (χ3v) is 2.72. The molecule has 0 heterocycles. The number of carboxylic acid groups (broad SMARTS) is 1. The predicted octanol–water partition coefficient (Wildman–Crippen LogP) is 2.75. The van der Waals surface area contributed by atoms with Crippen molar-refractivity contribution in [3.63, 3.8) is 0 Å². The van der Waals surface area contributed by atoms with Crippen molar-refractivity contribution >= 4 is 5.97 Å². The van der Waals surface area contributed by atoms with Gasteiger partial charge < -0.3 is 5.11 Å². The first-order valence-corrected chi connectivity index (χ1v) is 6.07. The summed E-state index contributed by atoms with van der Waals surface area (Å²) in [6, 6.07) is 13.6. The van der Waals surface area contributed by atoms with E-state index in [1.807, 2.05) is 30.3 Å². The van der Waals surface area contributed by atoms with Crippen molar-refractivity contribution in [2.24, 2.45) is 0 Å². The maximum atomic E-state index is 13.4. The Morgan fingerprint density at radius 1 is 1.15 bits per heavy atom. The van der Waals surface area contributed by atoms with Crippen molar-refractivity contribution in [3.8, 4) is 0 Å². The molecule has 4 nitrogen and oxygen atoms in total. The first kappa shape index (κ1) is 14.2. The van der Waals surface area contributed by atoms with E-state index in [0.29, 0.717) is 18.7 Å². The van der Waals surface area contributed by atoms with Crippen molar-refractivity contribution in [1.82, 2.24) is 5.48 Å². The molecule has 0 bridgehead atoms. The van der Waals surface area contributed by atoms with Gasteiger partial charge in [-0.15, -0.1) is 0 Å². The molecule has 0 radical (unpaired) electrons. The van der Waals surface area contributed by atoms with Crippen molar-refractivity contribution < 1.29 is 19.1 Å². The van der Waals surface area contributed by atoms with Gasteiger partial charge in [-0.3, -0.25) is 4.84 Å². The summed E-state index contributed by atoms with van der Waals surface area (Å²) in [6.45, 7) is 0.695. The van der Waals surface area contributed by atoms with Gasteiger partial charge in [0.05, 0.1) is 12.2 Å². The molecule has 2 N–H and O–H groups in total. The van der Waals surface area contributed by atoms with Gasteiger partial charge >= 0.3 is 5.97 Å². The van der Waals surface area contributed by atoms with Crippen LogP contribution in [-0.2, 0) is 18.0 Å². The number of carboxylic acids is 1. The van der Waals surface area contributed by atoms with Crippen LogP contribution in [0.2, 0.25) is 0 Å². The molecule has 2 rings (SSSR count). The van der Waals surface area contributed by atoms with Gasteiger partial charge in [0.15, 0.2) is 0 Å². The average molecular weight is 275 g/mol. The fraction of sp³-hybridized carbons (Fsp3) is 0.133. The molecule has 0 aliphatic rings. The molecule has 104 valence electrons. The zero-order valence-electron chi connectivity index (χ0n) is 10.7. The summed E-state index contributed by atoms with van der Waals surface area (Å²) in [5, 5.41) is 8.72. The SMILES string of the molecule is O=C(O)c1ccc(CNOCc2ccccc2)cc1F. The molecule has 0 fully saturated rings. The minimum Gasteiger partial charge on any atom is -0.478 e. The lowest BCUT2D eigenvalue weighted by molar-refractivity contribution is 0.0234. The molecule has 0 atom stereocenters. The summed E-state index contributed by atoms with van der Waals surface area (Å²) < 4.78 is 13.4. The van der Waals surface area contributed by atoms with Crippen LogP contribution in [0.15, 0.2) is 48.5 Å². The maximum Gasteiger partial charge on any atom is 0.338 e. The van der Waals surface area contributed by atoms with E-state index in [1.165, 1.54) is 12.1 Å². The molecule has 0 unspecified atom stereocenters. The van der Waals surface area contributed by atoms with Gasteiger partial charge in [-0.05, 0) is 23.3 Å². The van der Waals surface area contributed by atoms with E-state index in [9.17, 15) is 9.18 Å². The van der Waals surface area contributed by atoms with E-state index in [-0.39, 0.29) is 5.56 Å². The first-order valence-electron chi connectivity index (χ1n) is 6.07. The Bertz CT molecular complexity index is 587. The molecule has 0 aromatic heterocycles. The summed E-state index contributed by atoms with van der Waals surface area (Å²) in [7, 11) is 0. The number of carbonyl (C=O) groups is 1. The first-order chi connectivity index (χ1) is 9.66. The topological polar surface area (TPSA) is 58.6 Å². The summed E-state index contributed by atoms with van der Waals surface area (Å²) in [6.07, 6.45) is 0. The Kier molecular flexibility index (Phi) is 4.81. The predicted molar refractivity (Wildman–Crippen MR) is 71.4 cm³/mol. The summed E-state index contributed by atoms with van der Waals surface area (Å²) in [4.78, 5) is 15.9. The zero-order chi connectivity index (χ0) is 14.4. The fourth-order valence-electron chi connectivity index (χ4n) is 1.68. The number of hydroxylamine groups is 1. The van der Waals surface area contributed by atoms with E-state index >= 15 is 0 Å². The van der Waals surface area contributed by atoms with Crippen LogP contribution < -0.4 is 5.48 Å². The van der Waals surface area contributed by atoms with Gasteiger partial charge in [0.2, 0.25) is 0 Å². The Hall–Kier alpha value is -2.24. The molecule has 2 aromatic rings. The third-order valence-electron chi connectivity index (χ3n) is 2.72. The minimum atomic E-state index is -1.28. The smallest absolute Gasteiger partial charge is 0.338 e. The monoisotopic (exact) mass is 275 g/mol. The number of halogens is 1. The van der Waals surface area contributed by atoms with Crippen LogP contribution >= 0.6 is 0 Å². The number of rotatable bonds is 6. The standard InChI is InChI=1S/C15H14FNO3/c16-14-8-12(6-7-13(14)15(18)19)9-17-20-10-11-4-2-1-3-5-11/h1-8,17H,9-10H2,(H,18,19). The summed E-state index contributed by atoms with van der Waals surface area (Å²) in [5.41, 5.74) is 4.01. The molecule has 0 aliphatic heterocycles. The number of aromatic carboxylic acids is 1. The number of hydrogen-bond acceptors (Lipinski definition) is 3. The van der Waals surface area contributed by atoms with E-state index in [2.05, 4.69) is 5.48 Å². The normalized spacial score (nSPS) is 10.4. The van der Waals surface area contributed by atoms with Crippen LogP contribution in [0.4, 0.5) is 4.39 Å². The van der Waals surface area contributed by atoms with Crippen molar-refractivity contribution in [1.29, 1.82) is 0 Å². The van der Waals surface area contributed by atoms with Gasteiger partial charge in [0.1, 0.15) is 5.82 Å². The van der Waals surface area contributed by atoms with Crippen LogP contribution in [0.5, 0.6) is 0 Å². The quantitative estimate of drug-likeness (QED) is 0.628. The Morgan fingerprint density at radius 3 is 2.55 bits per heavy atom. The van der Waals surface area contributed by atoms with E-state index in [4.69, 9.17) is 9.94 Å². The average Bonchev–Trinajstić information content (AvgIpc) is 2.44. The van der Waals surface area contributed by atoms with Gasteiger partial charge in [-0.2, -0.15) is 5.48 Å². The highest BCUT2D eigenvalue weighted by molar-refractivity contribution is 5.87. The largest absolute Gasteiger partial charge is 0.478 e. The Labute approximate surface area is 115 Å². The Morgan fingerprint density at radius 2 is 1.90 bits per heavy atom. The van der Waals surface area contributed by atoms with Gasteiger partial charge in [-0.25, -0.2) is 9.18 Å². The van der Waals surface area contributed by atoms with E-state index in [1.54, 1.807) is 6.07 Å². The molecule has 0 saturated carbocycles. The maximum absolute atomic E-state index is 13.4. The highest BCUT2D eigenvalue weighted by atomic mass is 19.1. The van der Waals surface area contributed by atoms with Crippen molar-refractivity contribution in [3.05, 3.63) is 71.0 Å². The molecule has 5 heteroatoms. The third kappa shape index (κ3) is 3.88. The lowest BCUT2D eigenvalue weighted by atomic mass is 10.1. The van der Waals surface area contributed by atoms with Gasteiger partial charge in [0, 0.05) is 6.54 Å². The van der Waals surface area contributed by atoms with Crippen LogP contribution in [0.25, 0.3) is 0 Å². The van der Waals surface area contributed by atoms with E-state index < -0.39 is 11.8 Å². The van der Waals surface area contributed by atoms with Crippen LogP contribution in [0.3, 0.4) is 0 Å². The highest BCUT2D eigenvalue weighted by Crippen LogP contribution is 2.10. The molecular formula is C15H14FNO3. The minimum absolute atomic E-state index is 0.295. The fourth-order valence-corrected chi connectivity index (χ4v) is 1.68. The molecule has 20 heavy (non-hydrogen) atoms. The van der Waals surface area contributed by atoms with Crippen LogP contribution in [0.1, 0.15) is 21.5 Å². The summed E-state index contributed by atoms with van der Waals surface area (Å²) in [5.74, 6) is -2.03. The number of nitrogens with one attached hydrogen (secondary N) is 1. The van der Waals surface area contributed by atoms with Crippen molar-refractivity contribution in [2.75, 3.05) is 0 Å². The van der Waals surface area contributed by atoms with E-state index in [0.717, 1.165) is 5.56 Å². The zero-order valence-corrected chi connectivity index (χ0v) is 10.7. The summed E-state index contributed by atoms with van der Waals surface area (Å²) >= 11 is 0. The lowest BCUT2D eigenvalue weighted by Crippen LogP contribution is -2.14. The number of benzene rings is 2. The molecule has 0 saturated heterocycles. The van der Waals surface area contributed by atoms with Crippen molar-refractivity contribution in [2.45, 2.75) is 13.2 Å². The molecular weight excluding hydrogens is 261 g/mol. The molecule has 0 aliphatic carbocycles. The molecule has 2 aromatic carbocycles. The highest BCUT2D eigenvalue weighted by Gasteiger charge is 2.09. The van der Waals surface area contributed by atoms with Gasteiger partial charge in [0.25, 0.3) is 0 Å². The molecule has 0 amide bonds. The van der Waals surface area contributed by atoms with Gasteiger partial charge in [-0.1, -0.05) is 36.4 Å². The van der Waals surface area contributed by atoms with Crippen LogP contribution in [0, 0.1) is 5.82 Å². The second kappa shape index (κ2) is 6.79. The number of hydrogen-bond donors (Lipinski definition) is 2. The van der Waals surface area contributed by atoms with Crippen LogP contribution in [-0.4, -0.2) is 11.1 Å². The Balaban J connectivity index is 1.83.